The molecule has 1 atom stereocenters. The van der Waals surface area contributed by atoms with Crippen molar-refractivity contribution >= 4 is 44.9 Å². The van der Waals surface area contributed by atoms with Gasteiger partial charge >= 0.3 is 6.09 Å². The van der Waals surface area contributed by atoms with Crippen LogP contribution < -0.4 is 16.0 Å². The summed E-state index contributed by atoms with van der Waals surface area (Å²) in [6.45, 7) is 3.50. The van der Waals surface area contributed by atoms with Crippen molar-refractivity contribution in [3.8, 4) is 0 Å². The molecule has 12 heteroatoms. The van der Waals surface area contributed by atoms with Crippen LogP contribution in [0, 0.1) is 0 Å². The van der Waals surface area contributed by atoms with Crippen molar-refractivity contribution < 1.29 is 28.0 Å². The predicted molar refractivity (Wildman–Crippen MR) is 119 cm³/mol. The maximum absolute atomic E-state index is 11.3. The van der Waals surface area contributed by atoms with Crippen LogP contribution in [0.3, 0.4) is 0 Å². The summed E-state index contributed by atoms with van der Waals surface area (Å²) in [6.07, 6.45) is -1.07. The first-order chi connectivity index (χ1) is 14.6. The summed E-state index contributed by atoms with van der Waals surface area (Å²) in [6, 6.07) is 11.5. The van der Waals surface area contributed by atoms with E-state index in [0.717, 1.165) is 16.2 Å². The van der Waals surface area contributed by atoms with E-state index < -0.39 is 28.6 Å². The summed E-state index contributed by atoms with van der Waals surface area (Å²) < 4.78 is 27.1. The molecule has 1 aliphatic rings. The number of aliphatic imine (C=N–C) groups is 1. The Balaban J connectivity index is 0.000000423. The van der Waals surface area contributed by atoms with Gasteiger partial charge in [-0.15, -0.1) is 0 Å². The summed E-state index contributed by atoms with van der Waals surface area (Å²) in [7, 11) is -3.92. The second-order valence-electron chi connectivity index (χ2n) is 6.53. The number of nitrogens with two attached hydrogens (primary N) is 1. The first-order valence-electron chi connectivity index (χ1n) is 9.34. The lowest BCUT2D eigenvalue weighted by molar-refractivity contribution is 0.202. The SMILES string of the molecule is CCN(C(=O)O)c1cc2c(c(N)n1)N=C(c1ccccc1)[C@H](C)N2.O=S(=O)(O)CCO. The number of aliphatic hydroxyl groups is 1. The normalized spacial score (nSPS) is 15.0. The van der Waals surface area contributed by atoms with Crippen molar-refractivity contribution in [2.45, 2.75) is 19.9 Å². The predicted octanol–water partition coefficient (Wildman–Crippen LogP) is 1.97. The molecule has 6 N–H and O–H groups in total. The van der Waals surface area contributed by atoms with Crippen LogP contribution in [-0.4, -0.2) is 64.9 Å². The zero-order chi connectivity index (χ0) is 23.2. The monoisotopic (exact) mass is 451 g/mol. The number of rotatable bonds is 5. The summed E-state index contributed by atoms with van der Waals surface area (Å²) in [4.78, 5) is 21.3. The van der Waals surface area contributed by atoms with Gasteiger partial charge < -0.3 is 21.3 Å². The van der Waals surface area contributed by atoms with E-state index in [4.69, 9.17) is 15.4 Å². The molecular formula is C19H25N5O6S. The molecule has 2 aromatic rings. The molecule has 1 aromatic heterocycles. The molecule has 0 unspecified atom stereocenters. The second kappa shape index (κ2) is 10.2. The van der Waals surface area contributed by atoms with Gasteiger partial charge in [0.2, 0.25) is 0 Å². The maximum Gasteiger partial charge on any atom is 0.413 e. The highest BCUT2D eigenvalue weighted by atomic mass is 32.2. The lowest BCUT2D eigenvalue weighted by Crippen LogP contribution is -2.32. The molecule has 1 amide bonds. The lowest BCUT2D eigenvalue weighted by atomic mass is 10.0. The molecule has 0 aliphatic carbocycles. The van der Waals surface area contributed by atoms with Crippen LogP contribution in [0.25, 0.3) is 0 Å². The van der Waals surface area contributed by atoms with Gasteiger partial charge in [-0.05, 0) is 19.4 Å². The molecule has 1 aromatic carbocycles. The first kappa shape index (κ1) is 24.1. The van der Waals surface area contributed by atoms with Crippen molar-refractivity contribution in [1.82, 2.24) is 4.98 Å². The third kappa shape index (κ3) is 6.38. The number of pyridine rings is 1. The minimum absolute atomic E-state index is 0.0329. The first-order valence-corrected chi connectivity index (χ1v) is 11.0. The van der Waals surface area contributed by atoms with E-state index in [0.29, 0.717) is 17.2 Å². The van der Waals surface area contributed by atoms with Crippen LogP contribution in [0.4, 0.5) is 27.8 Å². The van der Waals surface area contributed by atoms with Crippen molar-refractivity contribution in [2.24, 2.45) is 4.99 Å². The second-order valence-corrected chi connectivity index (χ2v) is 8.10. The fourth-order valence-corrected chi connectivity index (χ4v) is 3.09. The van der Waals surface area contributed by atoms with Gasteiger partial charge in [0.15, 0.2) is 5.82 Å². The zero-order valence-corrected chi connectivity index (χ0v) is 17.9. The van der Waals surface area contributed by atoms with Gasteiger partial charge in [-0.1, -0.05) is 30.3 Å². The van der Waals surface area contributed by atoms with Crippen molar-refractivity contribution in [2.75, 3.05) is 34.9 Å². The van der Waals surface area contributed by atoms with Crippen molar-refractivity contribution in [3.63, 3.8) is 0 Å². The van der Waals surface area contributed by atoms with E-state index in [2.05, 4.69) is 15.3 Å². The number of aliphatic hydroxyl groups excluding tert-OH is 1. The van der Waals surface area contributed by atoms with E-state index in [9.17, 15) is 18.3 Å². The Kier molecular flexibility index (Phi) is 7.91. The Labute approximate surface area is 180 Å². The van der Waals surface area contributed by atoms with E-state index in [1.807, 2.05) is 37.3 Å². The van der Waals surface area contributed by atoms with E-state index in [1.54, 1.807) is 13.0 Å². The fraction of sp³-hybridized carbons (Fsp3) is 0.316. The smallest absolute Gasteiger partial charge is 0.413 e. The fourth-order valence-electron chi connectivity index (χ4n) is 2.86. The average Bonchev–Trinajstić information content (AvgIpc) is 2.68. The molecule has 168 valence electrons. The van der Waals surface area contributed by atoms with Gasteiger partial charge in [-0.2, -0.15) is 8.42 Å². The third-order valence-corrected chi connectivity index (χ3v) is 4.96. The lowest BCUT2D eigenvalue weighted by Gasteiger charge is -2.26. The summed E-state index contributed by atoms with van der Waals surface area (Å²) in [5.74, 6) is -0.0816. The van der Waals surface area contributed by atoms with E-state index in [1.165, 1.54) is 0 Å². The Bertz CT molecular complexity index is 1060. The quantitative estimate of drug-likeness (QED) is 0.425. The molecule has 3 rings (SSSR count). The largest absolute Gasteiger partial charge is 0.465 e. The highest BCUT2D eigenvalue weighted by Gasteiger charge is 2.24. The minimum Gasteiger partial charge on any atom is -0.465 e. The van der Waals surface area contributed by atoms with Crippen molar-refractivity contribution in [1.29, 1.82) is 0 Å². The van der Waals surface area contributed by atoms with Gasteiger partial charge in [-0.3, -0.25) is 9.45 Å². The standard InChI is InChI=1S/C17H19N5O2.C2H6O4S/c1-3-22(17(23)24)13-9-12-15(16(18)20-13)21-14(10(2)19-12)11-7-5-4-6-8-11;3-1-2-7(4,5)6/h4-10,19H,3H2,1-2H3,(H2,18,20)(H,23,24);3H,1-2H2,(H,4,5,6)/t10-;/m0./s1. The van der Waals surface area contributed by atoms with Gasteiger partial charge in [0.25, 0.3) is 10.1 Å². The molecule has 0 bridgehead atoms. The zero-order valence-electron chi connectivity index (χ0n) is 17.1. The highest BCUT2D eigenvalue weighted by Crippen LogP contribution is 2.38. The number of nitrogens with one attached hydrogen (secondary N) is 1. The molecule has 0 saturated heterocycles. The van der Waals surface area contributed by atoms with Crippen LogP contribution in [0.5, 0.6) is 0 Å². The van der Waals surface area contributed by atoms with E-state index in [-0.39, 0.29) is 18.4 Å². The summed E-state index contributed by atoms with van der Waals surface area (Å²) in [5.41, 5.74) is 9.14. The molecule has 1 aliphatic heterocycles. The van der Waals surface area contributed by atoms with Crippen LogP contribution in [0.15, 0.2) is 41.4 Å². The highest BCUT2D eigenvalue weighted by molar-refractivity contribution is 7.85. The number of carboxylic acid groups (broad SMARTS) is 1. The van der Waals surface area contributed by atoms with Crippen LogP contribution in [-0.2, 0) is 10.1 Å². The minimum atomic E-state index is -3.92. The molecule has 2 heterocycles. The van der Waals surface area contributed by atoms with Gasteiger partial charge in [0.1, 0.15) is 11.5 Å². The van der Waals surface area contributed by atoms with Gasteiger partial charge in [0, 0.05) is 12.6 Å². The number of nitrogens with zero attached hydrogens (tertiary/aromatic N) is 3. The Morgan fingerprint density at radius 3 is 2.42 bits per heavy atom. The van der Waals surface area contributed by atoms with Gasteiger partial charge in [0.05, 0.1) is 29.8 Å². The number of carbonyl (C=O) groups is 1. The third-order valence-electron chi connectivity index (χ3n) is 4.26. The van der Waals surface area contributed by atoms with Crippen LogP contribution in [0.2, 0.25) is 0 Å². The molecule has 11 nitrogen and oxygen atoms in total. The Hall–Kier alpha value is -3.22. The topological polar surface area (TPSA) is 178 Å². The Morgan fingerprint density at radius 2 is 1.94 bits per heavy atom. The number of hydrogen-bond donors (Lipinski definition) is 5. The molecule has 31 heavy (non-hydrogen) atoms. The summed E-state index contributed by atoms with van der Waals surface area (Å²) in [5, 5.41) is 20.5. The number of aromatic nitrogens is 1. The van der Waals surface area contributed by atoms with Gasteiger partial charge in [-0.25, -0.2) is 14.8 Å². The van der Waals surface area contributed by atoms with Crippen LogP contribution >= 0.6 is 0 Å². The molecule has 0 spiro atoms. The van der Waals surface area contributed by atoms with E-state index >= 15 is 0 Å². The number of anilines is 3. The number of hydrogen-bond acceptors (Lipinski definition) is 8. The average molecular weight is 452 g/mol. The molecule has 0 fully saturated rings. The molecular weight excluding hydrogens is 426 g/mol. The van der Waals surface area contributed by atoms with Crippen molar-refractivity contribution in [3.05, 3.63) is 42.0 Å². The summed E-state index contributed by atoms with van der Waals surface area (Å²) >= 11 is 0. The number of fused-ring (bicyclic) bond motifs is 1. The molecule has 0 saturated carbocycles. The number of benzene rings is 1. The maximum atomic E-state index is 11.3. The molecule has 0 radical (unpaired) electrons. The Morgan fingerprint density at radius 1 is 1.29 bits per heavy atom. The van der Waals surface area contributed by atoms with Crippen LogP contribution in [0.1, 0.15) is 19.4 Å². The number of nitrogen functional groups attached to an aromatic ring is 1. The number of amides is 1.